The summed E-state index contributed by atoms with van der Waals surface area (Å²) in [6.07, 6.45) is 11.4. The summed E-state index contributed by atoms with van der Waals surface area (Å²) in [5.41, 5.74) is 10.6. The van der Waals surface area contributed by atoms with E-state index in [0.717, 1.165) is 11.2 Å². The summed E-state index contributed by atoms with van der Waals surface area (Å²) in [6.45, 7) is 11.9. The van der Waals surface area contributed by atoms with Crippen molar-refractivity contribution in [2.75, 3.05) is 0 Å². The molecule has 2 aromatic heterocycles. The fourth-order valence-corrected chi connectivity index (χ4v) is 7.78. The van der Waals surface area contributed by atoms with Gasteiger partial charge >= 0.3 is 0 Å². The zero-order valence-corrected chi connectivity index (χ0v) is 24.6. The molecule has 0 spiro atoms. The van der Waals surface area contributed by atoms with Crippen LogP contribution in [0, 0.1) is 6.92 Å². The van der Waals surface area contributed by atoms with Gasteiger partial charge in [0.1, 0.15) is 18.2 Å². The monoisotopic (exact) mass is 516 g/mol. The second-order valence-corrected chi connectivity index (χ2v) is 13.9. The molecule has 2 heterocycles. The van der Waals surface area contributed by atoms with Crippen molar-refractivity contribution in [1.82, 2.24) is 0 Å². The van der Waals surface area contributed by atoms with E-state index in [-0.39, 0.29) is 10.8 Å². The first-order valence-corrected chi connectivity index (χ1v) is 15.1. The zero-order valence-electron chi connectivity index (χ0n) is 24.6. The summed E-state index contributed by atoms with van der Waals surface area (Å²) in [7, 11) is 2.17. The number of benzene rings is 3. The Morgan fingerprint density at radius 2 is 1.56 bits per heavy atom. The first-order chi connectivity index (χ1) is 18.6. The van der Waals surface area contributed by atoms with Gasteiger partial charge in [0.05, 0.1) is 5.56 Å². The smallest absolute Gasteiger partial charge is 0.216 e. The molecule has 1 saturated carbocycles. The van der Waals surface area contributed by atoms with Gasteiger partial charge in [-0.25, -0.2) is 4.57 Å². The van der Waals surface area contributed by atoms with E-state index >= 15 is 0 Å². The van der Waals surface area contributed by atoms with Gasteiger partial charge in [-0.3, -0.25) is 0 Å². The van der Waals surface area contributed by atoms with Gasteiger partial charge in [-0.15, -0.1) is 0 Å². The molecule has 2 nitrogen and oxygen atoms in total. The highest BCUT2D eigenvalue weighted by molar-refractivity contribution is 6.14. The van der Waals surface area contributed by atoms with Crippen LogP contribution in [0.5, 0.6) is 0 Å². The molecule has 200 valence electrons. The van der Waals surface area contributed by atoms with E-state index < -0.39 is 0 Å². The number of pyridine rings is 1. The summed E-state index contributed by atoms with van der Waals surface area (Å²) >= 11 is 0. The lowest BCUT2D eigenvalue weighted by Crippen LogP contribution is -2.34. The molecule has 39 heavy (non-hydrogen) atoms. The molecule has 2 aliphatic carbocycles. The van der Waals surface area contributed by atoms with Crippen LogP contribution in [0.25, 0.3) is 44.0 Å². The molecule has 0 aliphatic heterocycles. The van der Waals surface area contributed by atoms with E-state index in [1.165, 1.54) is 100 Å². The molecule has 2 heteroatoms. The largest absolute Gasteiger partial charge is 0.455 e. The molecule has 5 aromatic rings. The van der Waals surface area contributed by atoms with Crippen molar-refractivity contribution in [2.24, 2.45) is 7.05 Å². The van der Waals surface area contributed by atoms with E-state index in [0.29, 0.717) is 5.92 Å². The normalized spacial score (nSPS) is 19.1. The van der Waals surface area contributed by atoms with Gasteiger partial charge in [0, 0.05) is 22.9 Å². The summed E-state index contributed by atoms with van der Waals surface area (Å²) in [6, 6.07) is 18.8. The molecule has 0 saturated heterocycles. The van der Waals surface area contributed by atoms with Crippen molar-refractivity contribution in [3.8, 4) is 11.3 Å². The zero-order chi connectivity index (χ0) is 27.1. The van der Waals surface area contributed by atoms with Crippen LogP contribution < -0.4 is 4.57 Å². The number of aromatic nitrogens is 1. The van der Waals surface area contributed by atoms with Crippen LogP contribution in [-0.2, 0) is 17.9 Å². The Morgan fingerprint density at radius 3 is 2.36 bits per heavy atom. The van der Waals surface area contributed by atoms with E-state index in [9.17, 15) is 0 Å². The van der Waals surface area contributed by atoms with E-state index in [1.807, 2.05) is 0 Å². The van der Waals surface area contributed by atoms with Crippen LogP contribution in [0.1, 0.15) is 101 Å². The predicted molar refractivity (Wildman–Crippen MR) is 164 cm³/mol. The predicted octanol–water partition coefficient (Wildman–Crippen LogP) is 9.94. The van der Waals surface area contributed by atoms with Gasteiger partial charge in [0.2, 0.25) is 5.69 Å². The Kier molecular flexibility index (Phi) is 5.54. The second kappa shape index (κ2) is 8.68. The van der Waals surface area contributed by atoms with Crippen LogP contribution in [0.15, 0.2) is 59.1 Å². The van der Waals surface area contributed by atoms with Crippen molar-refractivity contribution in [3.63, 3.8) is 0 Å². The number of furan rings is 1. The Hall–Kier alpha value is -3.13. The van der Waals surface area contributed by atoms with Gasteiger partial charge in [-0.1, -0.05) is 71.2 Å². The number of hydrogen-bond donors (Lipinski definition) is 0. The van der Waals surface area contributed by atoms with E-state index in [1.54, 1.807) is 0 Å². The minimum atomic E-state index is 0.152. The quantitative estimate of drug-likeness (QED) is 0.213. The van der Waals surface area contributed by atoms with Crippen molar-refractivity contribution < 1.29 is 8.98 Å². The van der Waals surface area contributed by atoms with Gasteiger partial charge < -0.3 is 4.42 Å². The maximum absolute atomic E-state index is 6.87. The molecule has 0 atom stereocenters. The highest BCUT2D eigenvalue weighted by Crippen LogP contribution is 2.49. The van der Waals surface area contributed by atoms with Gasteiger partial charge in [-0.05, 0) is 94.5 Å². The fraction of sp³-hybridized carbons (Fsp3) is 0.432. The molecule has 2 aliphatic rings. The molecule has 1 fully saturated rings. The second-order valence-electron chi connectivity index (χ2n) is 13.9. The van der Waals surface area contributed by atoms with Crippen LogP contribution in [0.3, 0.4) is 0 Å². The molecule has 0 unspecified atom stereocenters. The third kappa shape index (κ3) is 3.85. The van der Waals surface area contributed by atoms with Crippen LogP contribution in [-0.4, -0.2) is 0 Å². The van der Waals surface area contributed by atoms with E-state index in [4.69, 9.17) is 4.42 Å². The van der Waals surface area contributed by atoms with Gasteiger partial charge in [0.25, 0.3) is 0 Å². The fourth-order valence-electron chi connectivity index (χ4n) is 7.78. The minimum absolute atomic E-state index is 0.152. The van der Waals surface area contributed by atoms with Crippen molar-refractivity contribution in [3.05, 3.63) is 77.0 Å². The topological polar surface area (TPSA) is 17.0 Å². The first kappa shape index (κ1) is 24.9. The lowest BCUT2D eigenvalue weighted by molar-refractivity contribution is -0.660. The lowest BCUT2D eigenvalue weighted by Gasteiger charge is -2.42. The average Bonchev–Trinajstić information content (AvgIpc) is 3.28. The Balaban J connectivity index is 1.47. The van der Waals surface area contributed by atoms with Crippen molar-refractivity contribution >= 4 is 32.7 Å². The highest BCUT2D eigenvalue weighted by Gasteiger charge is 2.38. The molecular weight excluding hydrogens is 474 g/mol. The number of fused-ring (bicyclic) bond motifs is 6. The standard InChI is InChI=1S/C37H42NO/c1-23-12-14-27-29-20-26-13-15-30-34(37(4,5)18-17-36(30,2)3)28(26)22-32(29)39-35(27)33(23)31-21-25(16-19-38(31)6)24-10-8-7-9-11-24/h12-16,19-22,24H,7-11,17-18H2,1-6H3/q+1. The number of hydrogen-bond acceptors (Lipinski definition) is 1. The maximum Gasteiger partial charge on any atom is 0.216 e. The molecular formula is C37H42NO+. The molecule has 3 aromatic carbocycles. The number of nitrogens with zero attached hydrogens (tertiary/aromatic N) is 1. The van der Waals surface area contributed by atoms with Crippen LogP contribution in [0.4, 0.5) is 0 Å². The van der Waals surface area contributed by atoms with Crippen molar-refractivity contribution in [2.45, 2.75) is 96.3 Å². The highest BCUT2D eigenvalue weighted by atomic mass is 16.3. The Bertz CT molecular complexity index is 1760. The van der Waals surface area contributed by atoms with Crippen molar-refractivity contribution in [1.29, 1.82) is 0 Å². The van der Waals surface area contributed by atoms with Crippen LogP contribution in [0.2, 0.25) is 0 Å². The molecule has 0 bridgehead atoms. The Morgan fingerprint density at radius 1 is 0.795 bits per heavy atom. The summed E-state index contributed by atoms with van der Waals surface area (Å²) in [5.74, 6) is 0.679. The Labute approximate surface area is 233 Å². The average molecular weight is 517 g/mol. The molecule has 0 N–H and O–H groups in total. The number of rotatable bonds is 2. The third-order valence-electron chi connectivity index (χ3n) is 10.3. The third-order valence-corrected chi connectivity index (χ3v) is 10.3. The molecule has 0 amide bonds. The van der Waals surface area contributed by atoms with Crippen LogP contribution >= 0.6 is 0 Å². The lowest BCUT2D eigenvalue weighted by atomic mass is 9.62. The number of aryl methyl sites for hydroxylation is 2. The molecule has 7 rings (SSSR count). The van der Waals surface area contributed by atoms with Gasteiger partial charge in [0.15, 0.2) is 6.20 Å². The molecule has 0 radical (unpaired) electrons. The minimum Gasteiger partial charge on any atom is -0.455 e. The maximum atomic E-state index is 6.87. The SMILES string of the molecule is Cc1ccc2c(oc3cc4c5c(ccc4cc32)C(C)(C)CCC5(C)C)c1-c1cc(C2CCCCC2)cc[n+]1C. The first-order valence-electron chi connectivity index (χ1n) is 15.1. The van der Waals surface area contributed by atoms with Gasteiger partial charge in [-0.2, -0.15) is 0 Å². The summed E-state index contributed by atoms with van der Waals surface area (Å²) in [5, 5.41) is 5.12. The summed E-state index contributed by atoms with van der Waals surface area (Å²) < 4.78 is 9.14. The van der Waals surface area contributed by atoms with E-state index in [2.05, 4.69) is 101 Å². The summed E-state index contributed by atoms with van der Waals surface area (Å²) in [4.78, 5) is 0.